The van der Waals surface area contributed by atoms with Crippen molar-refractivity contribution in [3.05, 3.63) is 29.3 Å². The smallest absolute Gasteiger partial charge is 0.170 e. The number of anilines is 1. The molecule has 1 saturated heterocycles. The van der Waals surface area contributed by atoms with E-state index in [1.54, 1.807) is 0 Å². The van der Waals surface area contributed by atoms with Crippen LogP contribution in [0.4, 0.5) is 5.69 Å². The van der Waals surface area contributed by atoms with Crippen molar-refractivity contribution in [1.82, 2.24) is 10.2 Å². The minimum Gasteiger partial charge on any atom is -0.379 e. The van der Waals surface area contributed by atoms with Crippen LogP contribution in [0.5, 0.6) is 0 Å². The number of morpholine rings is 1. The van der Waals surface area contributed by atoms with Gasteiger partial charge >= 0.3 is 0 Å². The van der Waals surface area contributed by atoms with Crippen molar-refractivity contribution >= 4 is 23.0 Å². The van der Waals surface area contributed by atoms with Crippen LogP contribution < -0.4 is 10.6 Å². The van der Waals surface area contributed by atoms with Crippen LogP contribution in [-0.2, 0) is 4.74 Å². The molecule has 1 aromatic carbocycles. The SMILES string of the molecule is Cc1cccc(NC(=S)NCC(C)(C)N2CCOCC2)c1C. The predicted octanol–water partition coefficient (Wildman–Crippen LogP) is 2.70. The zero-order valence-electron chi connectivity index (χ0n) is 14.0. The van der Waals surface area contributed by atoms with Crippen molar-refractivity contribution in [2.75, 3.05) is 38.2 Å². The average Bonchev–Trinajstić information content (AvgIpc) is 2.51. The Kier molecular flexibility index (Phi) is 5.78. The first-order valence-corrected chi connectivity index (χ1v) is 8.25. The van der Waals surface area contributed by atoms with E-state index >= 15 is 0 Å². The number of hydrogen-bond acceptors (Lipinski definition) is 3. The molecule has 1 aliphatic heterocycles. The average molecular weight is 321 g/mol. The van der Waals surface area contributed by atoms with Crippen LogP contribution in [-0.4, -0.2) is 48.4 Å². The third-order valence-corrected chi connectivity index (χ3v) is 4.65. The molecular weight excluding hydrogens is 294 g/mol. The molecule has 0 saturated carbocycles. The molecule has 1 heterocycles. The molecule has 2 rings (SSSR count). The fourth-order valence-electron chi connectivity index (χ4n) is 2.63. The standard InChI is InChI=1S/C17H27N3OS/c1-13-6-5-7-15(14(13)2)19-16(22)18-12-17(3,4)20-8-10-21-11-9-20/h5-7H,8-12H2,1-4H3,(H2,18,19,22). The summed E-state index contributed by atoms with van der Waals surface area (Å²) in [4.78, 5) is 2.45. The monoisotopic (exact) mass is 321 g/mol. The molecule has 1 fully saturated rings. The summed E-state index contributed by atoms with van der Waals surface area (Å²) < 4.78 is 5.42. The Morgan fingerprint density at radius 2 is 1.95 bits per heavy atom. The van der Waals surface area contributed by atoms with Crippen LogP contribution in [0.2, 0.25) is 0 Å². The number of rotatable bonds is 4. The number of benzene rings is 1. The van der Waals surface area contributed by atoms with Crippen molar-refractivity contribution < 1.29 is 4.74 Å². The van der Waals surface area contributed by atoms with E-state index in [4.69, 9.17) is 17.0 Å². The first kappa shape index (κ1) is 17.2. The summed E-state index contributed by atoms with van der Waals surface area (Å²) in [5.41, 5.74) is 3.62. The van der Waals surface area contributed by atoms with Crippen LogP contribution in [0, 0.1) is 13.8 Å². The van der Waals surface area contributed by atoms with Gasteiger partial charge in [-0.2, -0.15) is 0 Å². The van der Waals surface area contributed by atoms with Gasteiger partial charge < -0.3 is 15.4 Å². The summed E-state index contributed by atoms with van der Waals surface area (Å²) in [6, 6.07) is 6.22. The first-order valence-electron chi connectivity index (χ1n) is 7.84. The minimum atomic E-state index is 0.0527. The predicted molar refractivity (Wildman–Crippen MR) is 96.6 cm³/mol. The first-order chi connectivity index (χ1) is 10.4. The number of hydrogen-bond donors (Lipinski definition) is 2. The van der Waals surface area contributed by atoms with Gasteiger partial charge in [-0.15, -0.1) is 0 Å². The fourth-order valence-corrected chi connectivity index (χ4v) is 2.81. The van der Waals surface area contributed by atoms with Gasteiger partial charge in [-0.25, -0.2) is 0 Å². The normalized spacial score (nSPS) is 16.4. The molecule has 22 heavy (non-hydrogen) atoms. The summed E-state index contributed by atoms with van der Waals surface area (Å²) >= 11 is 5.44. The van der Waals surface area contributed by atoms with Gasteiger partial charge in [0, 0.05) is 30.9 Å². The summed E-state index contributed by atoms with van der Waals surface area (Å²) in [6.07, 6.45) is 0. The molecule has 1 aliphatic rings. The molecule has 2 N–H and O–H groups in total. The summed E-state index contributed by atoms with van der Waals surface area (Å²) in [7, 11) is 0. The largest absolute Gasteiger partial charge is 0.379 e. The molecule has 0 aromatic heterocycles. The number of thiocarbonyl (C=S) groups is 1. The van der Waals surface area contributed by atoms with Crippen molar-refractivity contribution in [2.45, 2.75) is 33.2 Å². The van der Waals surface area contributed by atoms with Gasteiger partial charge in [0.15, 0.2) is 5.11 Å². The van der Waals surface area contributed by atoms with Crippen LogP contribution in [0.25, 0.3) is 0 Å². The van der Waals surface area contributed by atoms with Crippen LogP contribution in [0.3, 0.4) is 0 Å². The molecule has 4 nitrogen and oxygen atoms in total. The lowest BCUT2D eigenvalue weighted by Crippen LogP contribution is -2.55. The second-order valence-corrected chi connectivity index (χ2v) is 6.88. The molecule has 0 amide bonds. The van der Waals surface area contributed by atoms with Gasteiger partial charge in [-0.05, 0) is 57.1 Å². The maximum absolute atomic E-state index is 5.44. The van der Waals surface area contributed by atoms with Crippen molar-refractivity contribution in [3.63, 3.8) is 0 Å². The van der Waals surface area contributed by atoms with Crippen molar-refractivity contribution in [3.8, 4) is 0 Å². The molecule has 0 aliphatic carbocycles. The van der Waals surface area contributed by atoms with Gasteiger partial charge in [-0.3, -0.25) is 4.90 Å². The maximum Gasteiger partial charge on any atom is 0.170 e. The van der Waals surface area contributed by atoms with Gasteiger partial charge in [-0.1, -0.05) is 12.1 Å². The molecule has 5 heteroatoms. The molecule has 0 radical (unpaired) electrons. The van der Waals surface area contributed by atoms with E-state index in [-0.39, 0.29) is 5.54 Å². The highest BCUT2D eigenvalue weighted by Crippen LogP contribution is 2.18. The topological polar surface area (TPSA) is 36.5 Å². The summed E-state index contributed by atoms with van der Waals surface area (Å²) in [5, 5.41) is 7.33. The lowest BCUT2D eigenvalue weighted by Gasteiger charge is -2.41. The summed E-state index contributed by atoms with van der Waals surface area (Å²) in [5.74, 6) is 0. The second kappa shape index (κ2) is 7.40. The molecule has 122 valence electrons. The van der Waals surface area contributed by atoms with E-state index in [9.17, 15) is 0 Å². The van der Waals surface area contributed by atoms with E-state index in [2.05, 4.69) is 55.4 Å². The highest BCUT2D eigenvalue weighted by Gasteiger charge is 2.28. The Labute approximate surface area is 139 Å². The molecular formula is C17H27N3OS. The Morgan fingerprint density at radius 1 is 1.27 bits per heavy atom. The quantitative estimate of drug-likeness (QED) is 0.834. The molecule has 0 bridgehead atoms. The van der Waals surface area contributed by atoms with Crippen molar-refractivity contribution in [2.24, 2.45) is 0 Å². The van der Waals surface area contributed by atoms with E-state index in [1.807, 2.05) is 6.07 Å². The second-order valence-electron chi connectivity index (χ2n) is 6.47. The number of nitrogens with one attached hydrogen (secondary N) is 2. The zero-order chi connectivity index (χ0) is 16.2. The molecule has 1 aromatic rings. The Hall–Kier alpha value is -1.17. The maximum atomic E-state index is 5.44. The molecule has 0 unspecified atom stereocenters. The Morgan fingerprint density at radius 3 is 2.64 bits per heavy atom. The highest BCUT2D eigenvalue weighted by molar-refractivity contribution is 7.80. The Bertz CT molecular complexity index is 525. The van der Waals surface area contributed by atoms with Gasteiger partial charge in [0.25, 0.3) is 0 Å². The lowest BCUT2D eigenvalue weighted by atomic mass is 10.0. The van der Waals surface area contributed by atoms with Crippen LogP contribution in [0.1, 0.15) is 25.0 Å². The number of aryl methyl sites for hydroxylation is 1. The third-order valence-electron chi connectivity index (χ3n) is 4.40. The van der Waals surface area contributed by atoms with E-state index < -0.39 is 0 Å². The van der Waals surface area contributed by atoms with Crippen LogP contribution in [0.15, 0.2) is 18.2 Å². The van der Waals surface area contributed by atoms with Gasteiger partial charge in [0.2, 0.25) is 0 Å². The van der Waals surface area contributed by atoms with Gasteiger partial charge in [0.05, 0.1) is 13.2 Å². The van der Waals surface area contributed by atoms with Crippen LogP contribution >= 0.6 is 12.2 Å². The zero-order valence-corrected chi connectivity index (χ0v) is 14.8. The number of ether oxygens (including phenoxy) is 1. The third kappa shape index (κ3) is 4.41. The molecule has 0 spiro atoms. The van der Waals surface area contributed by atoms with E-state index in [1.165, 1.54) is 11.1 Å². The summed E-state index contributed by atoms with van der Waals surface area (Å²) in [6.45, 7) is 13.1. The Balaban J connectivity index is 1.88. The number of nitrogens with zero attached hydrogens (tertiary/aromatic N) is 1. The van der Waals surface area contributed by atoms with E-state index in [0.717, 1.165) is 38.5 Å². The lowest BCUT2D eigenvalue weighted by molar-refractivity contribution is -0.00823. The van der Waals surface area contributed by atoms with Crippen molar-refractivity contribution in [1.29, 1.82) is 0 Å². The highest BCUT2D eigenvalue weighted by atomic mass is 32.1. The van der Waals surface area contributed by atoms with Gasteiger partial charge in [0.1, 0.15) is 0 Å². The molecule has 0 atom stereocenters. The fraction of sp³-hybridized carbons (Fsp3) is 0.588. The van der Waals surface area contributed by atoms with E-state index in [0.29, 0.717) is 5.11 Å². The minimum absolute atomic E-state index is 0.0527.